The van der Waals surface area contributed by atoms with E-state index in [1.165, 1.54) is 10.6 Å². The highest BCUT2D eigenvalue weighted by Crippen LogP contribution is 2.18. The minimum absolute atomic E-state index is 0.159. The number of H-pyrrole nitrogens is 1. The molecule has 4 nitrogen and oxygen atoms in total. The van der Waals surface area contributed by atoms with Gasteiger partial charge in [0.25, 0.3) is 5.56 Å². The number of nitrogens with one attached hydrogen (secondary N) is 1. The molecule has 0 aliphatic rings. The highest BCUT2D eigenvalue weighted by molar-refractivity contribution is 6.30. The molecule has 0 saturated heterocycles. The Balaban J connectivity index is 2.23. The SMILES string of the molecule is O=c1cc(-c2ccc(Cl)cc2)[nH]c2ccnn12. The molecular formula is C12H8ClN3O. The summed E-state index contributed by atoms with van der Waals surface area (Å²) < 4.78 is 1.32. The molecule has 17 heavy (non-hydrogen) atoms. The maximum Gasteiger partial charge on any atom is 0.274 e. The van der Waals surface area contributed by atoms with Crippen LogP contribution in [-0.2, 0) is 0 Å². The van der Waals surface area contributed by atoms with Crippen LogP contribution in [0, 0.1) is 0 Å². The highest BCUT2D eigenvalue weighted by Gasteiger charge is 2.03. The van der Waals surface area contributed by atoms with Gasteiger partial charge in [0.05, 0.1) is 11.9 Å². The quantitative estimate of drug-likeness (QED) is 0.715. The van der Waals surface area contributed by atoms with Crippen LogP contribution in [0.15, 0.2) is 47.4 Å². The fourth-order valence-electron chi connectivity index (χ4n) is 1.72. The van der Waals surface area contributed by atoms with E-state index in [9.17, 15) is 4.79 Å². The lowest BCUT2D eigenvalue weighted by Gasteiger charge is -2.02. The molecule has 3 rings (SSSR count). The van der Waals surface area contributed by atoms with Gasteiger partial charge in [-0.3, -0.25) is 4.79 Å². The summed E-state index contributed by atoms with van der Waals surface area (Å²) in [6.45, 7) is 0. The van der Waals surface area contributed by atoms with Crippen LogP contribution in [0.5, 0.6) is 0 Å². The molecule has 0 spiro atoms. The van der Waals surface area contributed by atoms with E-state index < -0.39 is 0 Å². The van der Waals surface area contributed by atoms with E-state index in [1.807, 2.05) is 12.1 Å². The monoisotopic (exact) mass is 245 g/mol. The summed E-state index contributed by atoms with van der Waals surface area (Å²) in [5.74, 6) is 0. The third kappa shape index (κ3) is 1.72. The summed E-state index contributed by atoms with van der Waals surface area (Å²) in [6, 6.07) is 10.6. The van der Waals surface area contributed by atoms with Crippen molar-refractivity contribution in [1.29, 1.82) is 0 Å². The molecule has 1 N–H and O–H groups in total. The molecule has 0 fully saturated rings. The maximum absolute atomic E-state index is 11.8. The van der Waals surface area contributed by atoms with Gasteiger partial charge in [-0.1, -0.05) is 23.7 Å². The number of benzene rings is 1. The van der Waals surface area contributed by atoms with E-state index in [0.29, 0.717) is 10.7 Å². The second-order valence-corrected chi connectivity index (χ2v) is 4.09. The van der Waals surface area contributed by atoms with Crippen LogP contribution >= 0.6 is 11.6 Å². The van der Waals surface area contributed by atoms with Crippen LogP contribution in [0.25, 0.3) is 16.9 Å². The van der Waals surface area contributed by atoms with E-state index in [-0.39, 0.29) is 5.56 Å². The Morgan fingerprint density at radius 2 is 1.94 bits per heavy atom. The first-order chi connectivity index (χ1) is 8.24. The van der Waals surface area contributed by atoms with Crippen molar-refractivity contribution in [1.82, 2.24) is 14.6 Å². The van der Waals surface area contributed by atoms with E-state index in [1.54, 1.807) is 24.4 Å². The standard InChI is InChI=1S/C12H8ClN3O/c13-9-3-1-8(2-4-9)10-7-12(17)16-11(15-10)5-6-14-16/h1-7,15H. The molecule has 3 aromatic rings. The van der Waals surface area contributed by atoms with Gasteiger partial charge in [-0.05, 0) is 17.7 Å². The molecule has 0 amide bonds. The van der Waals surface area contributed by atoms with Gasteiger partial charge in [0, 0.05) is 17.2 Å². The molecule has 5 heteroatoms. The smallest absolute Gasteiger partial charge is 0.274 e. The van der Waals surface area contributed by atoms with Crippen LogP contribution in [0.3, 0.4) is 0 Å². The Morgan fingerprint density at radius 3 is 2.71 bits per heavy atom. The van der Waals surface area contributed by atoms with Crippen molar-refractivity contribution in [3.05, 3.63) is 58.0 Å². The Kier molecular flexibility index (Phi) is 2.23. The number of aromatic nitrogens is 3. The third-order valence-electron chi connectivity index (χ3n) is 2.54. The summed E-state index contributed by atoms with van der Waals surface area (Å²) in [5.41, 5.74) is 2.17. The number of halogens is 1. The fraction of sp³-hybridized carbons (Fsp3) is 0. The van der Waals surface area contributed by atoms with Gasteiger partial charge in [-0.15, -0.1) is 0 Å². The van der Waals surface area contributed by atoms with E-state index in [0.717, 1.165) is 11.3 Å². The minimum atomic E-state index is -0.159. The average molecular weight is 246 g/mol. The van der Waals surface area contributed by atoms with Gasteiger partial charge in [0.2, 0.25) is 0 Å². The number of aromatic amines is 1. The summed E-state index contributed by atoms with van der Waals surface area (Å²) in [6.07, 6.45) is 1.58. The van der Waals surface area contributed by atoms with Crippen molar-refractivity contribution < 1.29 is 0 Å². The molecule has 0 atom stereocenters. The largest absolute Gasteiger partial charge is 0.339 e. The Morgan fingerprint density at radius 1 is 1.18 bits per heavy atom. The number of fused-ring (bicyclic) bond motifs is 1. The maximum atomic E-state index is 11.8. The second-order valence-electron chi connectivity index (χ2n) is 3.66. The topological polar surface area (TPSA) is 50.2 Å². The number of nitrogens with zero attached hydrogens (tertiary/aromatic N) is 2. The van der Waals surface area contributed by atoms with Crippen LogP contribution in [0.1, 0.15) is 0 Å². The number of rotatable bonds is 1. The van der Waals surface area contributed by atoms with E-state index >= 15 is 0 Å². The zero-order valence-electron chi connectivity index (χ0n) is 8.72. The van der Waals surface area contributed by atoms with Crippen molar-refractivity contribution in [2.45, 2.75) is 0 Å². The molecule has 0 saturated carbocycles. The van der Waals surface area contributed by atoms with Crippen LogP contribution in [0.2, 0.25) is 5.02 Å². The van der Waals surface area contributed by atoms with Gasteiger partial charge in [0.15, 0.2) is 0 Å². The molecule has 0 bridgehead atoms. The predicted molar refractivity (Wildman–Crippen MR) is 66.3 cm³/mol. The van der Waals surface area contributed by atoms with Gasteiger partial charge in [0.1, 0.15) is 5.65 Å². The fourth-order valence-corrected chi connectivity index (χ4v) is 1.84. The molecular weight excluding hydrogens is 238 g/mol. The molecule has 0 unspecified atom stereocenters. The van der Waals surface area contributed by atoms with Gasteiger partial charge < -0.3 is 4.98 Å². The first-order valence-electron chi connectivity index (χ1n) is 5.07. The molecule has 84 valence electrons. The van der Waals surface area contributed by atoms with Gasteiger partial charge in [-0.2, -0.15) is 9.61 Å². The highest BCUT2D eigenvalue weighted by atomic mass is 35.5. The summed E-state index contributed by atoms with van der Waals surface area (Å²) in [4.78, 5) is 14.9. The van der Waals surface area contributed by atoms with Crippen molar-refractivity contribution in [2.75, 3.05) is 0 Å². The Labute approximate surface area is 101 Å². The van der Waals surface area contributed by atoms with Crippen LogP contribution in [0.4, 0.5) is 0 Å². The minimum Gasteiger partial charge on any atom is -0.339 e. The third-order valence-corrected chi connectivity index (χ3v) is 2.79. The Hall–Kier alpha value is -2.07. The average Bonchev–Trinajstić information content (AvgIpc) is 2.78. The van der Waals surface area contributed by atoms with Crippen molar-refractivity contribution in [3.8, 4) is 11.3 Å². The van der Waals surface area contributed by atoms with Crippen LogP contribution in [-0.4, -0.2) is 14.6 Å². The van der Waals surface area contributed by atoms with Crippen molar-refractivity contribution in [3.63, 3.8) is 0 Å². The summed E-state index contributed by atoms with van der Waals surface area (Å²) in [7, 11) is 0. The zero-order chi connectivity index (χ0) is 11.8. The Bertz CT molecular complexity index is 727. The summed E-state index contributed by atoms with van der Waals surface area (Å²) in [5, 5.41) is 4.59. The molecule has 0 radical (unpaired) electrons. The predicted octanol–water partition coefficient (Wildman–Crippen LogP) is 2.34. The molecule has 2 aromatic heterocycles. The van der Waals surface area contributed by atoms with E-state index in [2.05, 4.69) is 10.1 Å². The zero-order valence-corrected chi connectivity index (χ0v) is 9.48. The van der Waals surface area contributed by atoms with E-state index in [4.69, 9.17) is 11.6 Å². The second kappa shape index (κ2) is 3.75. The summed E-state index contributed by atoms with van der Waals surface area (Å²) >= 11 is 5.82. The van der Waals surface area contributed by atoms with Crippen molar-refractivity contribution in [2.24, 2.45) is 0 Å². The van der Waals surface area contributed by atoms with Crippen molar-refractivity contribution >= 4 is 17.2 Å². The first-order valence-corrected chi connectivity index (χ1v) is 5.45. The normalized spacial score (nSPS) is 10.9. The molecule has 2 heterocycles. The molecule has 1 aromatic carbocycles. The van der Waals surface area contributed by atoms with Gasteiger partial charge in [-0.25, -0.2) is 0 Å². The first kappa shape index (κ1) is 10.1. The lowest BCUT2D eigenvalue weighted by atomic mass is 10.1. The van der Waals surface area contributed by atoms with Crippen LogP contribution < -0.4 is 5.56 Å². The van der Waals surface area contributed by atoms with Gasteiger partial charge >= 0.3 is 0 Å². The lowest BCUT2D eigenvalue weighted by molar-refractivity contribution is 0.901. The molecule has 0 aliphatic carbocycles. The lowest BCUT2D eigenvalue weighted by Crippen LogP contribution is -2.13. The molecule has 0 aliphatic heterocycles. The number of hydrogen-bond donors (Lipinski definition) is 1. The number of hydrogen-bond acceptors (Lipinski definition) is 2.